The van der Waals surface area contributed by atoms with Gasteiger partial charge in [-0.05, 0) is 169 Å². The summed E-state index contributed by atoms with van der Waals surface area (Å²) in [6, 6.07) is 22.4. The van der Waals surface area contributed by atoms with Crippen molar-refractivity contribution in [2.24, 2.45) is 0 Å². The minimum atomic E-state index is -0.243. The fourth-order valence-electron chi connectivity index (χ4n) is 7.17. The van der Waals surface area contributed by atoms with Crippen LogP contribution in [0.4, 0.5) is 0 Å². The van der Waals surface area contributed by atoms with Crippen LogP contribution in [0.1, 0.15) is 84.4 Å². The molecule has 0 aliphatic heterocycles. The molecule has 0 saturated heterocycles. The number of fused-ring (bicyclic) bond motifs is 1. The van der Waals surface area contributed by atoms with Crippen molar-refractivity contribution in [2.45, 2.75) is 85.0 Å². The second kappa shape index (κ2) is 15.8. The van der Waals surface area contributed by atoms with Crippen LogP contribution in [-0.4, -0.2) is 49.5 Å². The molecule has 0 unspecified atom stereocenters. The fourth-order valence-corrected chi connectivity index (χ4v) is 7.17. The third-order valence-electron chi connectivity index (χ3n) is 9.99. The van der Waals surface area contributed by atoms with E-state index in [2.05, 4.69) is 113 Å². The number of aryl methyl sites for hydroxylation is 5. The standard InChI is InChI=1S/C43H52N6/c1-31-26-32(2)28-36(27-31)41-38(39-29-37(12-13-40(39)48-41)43(4,5)42-46-30-33(3)47-42)18-25-49(23-8-6-10-34-14-19-44-20-15-34)24-9-7-11-35-16-21-45-22-17-35/h12-17,19-22,26-30,48H,6-11,18,23-25H2,1-5H3,(H,46,47). The molecule has 2 N–H and O–H groups in total. The quantitative estimate of drug-likeness (QED) is 0.102. The summed E-state index contributed by atoms with van der Waals surface area (Å²) < 4.78 is 0. The summed E-state index contributed by atoms with van der Waals surface area (Å²) in [5, 5.41) is 1.32. The predicted molar refractivity (Wildman–Crippen MR) is 203 cm³/mol. The number of pyridine rings is 2. The van der Waals surface area contributed by atoms with Gasteiger partial charge in [0, 0.05) is 59.5 Å². The maximum atomic E-state index is 4.83. The highest BCUT2D eigenvalue weighted by Gasteiger charge is 2.27. The van der Waals surface area contributed by atoms with Gasteiger partial charge in [-0.3, -0.25) is 9.97 Å². The number of aromatic nitrogens is 5. The molecule has 0 saturated carbocycles. The highest BCUT2D eigenvalue weighted by molar-refractivity contribution is 5.91. The number of benzene rings is 2. The third-order valence-corrected chi connectivity index (χ3v) is 9.99. The Morgan fingerprint density at radius 3 is 1.86 bits per heavy atom. The molecule has 0 bridgehead atoms. The zero-order valence-corrected chi connectivity index (χ0v) is 30.0. The topological polar surface area (TPSA) is 73.5 Å². The third kappa shape index (κ3) is 8.73. The molecule has 0 spiro atoms. The first-order valence-electron chi connectivity index (χ1n) is 18.0. The molecule has 4 heterocycles. The summed E-state index contributed by atoms with van der Waals surface area (Å²) in [6.07, 6.45) is 17.5. The molecule has 0 aliphatic carbocycles. The summed E-state index contributed by atoms with van der Waals surface area (Å²) in [7, 11) is 0. The number of hydrogen-bond donors (Lipinski definition) is 2. The van der Waals surface area contributed by atoms with E-state index < -0.39 is 0 Å². The maximum absolute atomic E-state index is 4.83. The number of imidazole rings is 1. The van der Waals surface area contributed by atoms with Crippen LogP contribution in [0.3, 0.4) is 0 Å². The van der Waals surface area contributed by atoms with Crippen LogP contribution in [0, 0.1) is 20.8 Å². The Morgan fingerprint density at radius 1 is 0.673 bits per heavy atom. The van der Waals surface area contributed by atoms with E-state index in [1.807, 2.05) is 37.9 Å². The molecule has 0 atom stereocenters. The molecule has 4 aromatic heterocycles. The van der Waals surface area contributed by atoms with Gasteiger partial charge in [-0.2, -0.15) is 0 Å². The Morgan fingerprint density at radius 2 is 1.29 bits per heavy atom. The van der Waals surface area contributed by atoms with Crippen LogP contribution >= 0.6 is 0 Å². The lowest BCUT2D eigenvalue weighted by Gasteiger charge is -2.24. The van der Waals surface area contributed by atoms with Crippen LogP contribution in [0.5, 0.6) is 0 Å². The number of unbranched alkanes of at least 4 members (excludes halogenated alkanes) is 2. The van der Waals surface area contributed by atoms with Crippen molar-refractivity contribution in [1.82, 2.24) is 29.8 Å². The summed E-state index contributed by atoms with van der Waals surface area (Å²) in [6.45, 7) is 14.2. The molecule has 6 aromatic rings. The Bertz CT molecular complexity index is 1870. The summed E-state index contributed by atoms with van der Waals surface area (Å²) >= 11 is 0. The van der Waals surface area contributed by atoms with Gasteiger partial charge in [0.25, 0.3) is 0 Å². The molecule has 0 amide bonds. The lowest BCUT2D eigenvalue weighted by molar-refractivity contribution is 0.266. The number of nitrogens with zero attached hydrogens (tertiary/aromatic N) is 4. The van der Waals surface area contributed by atoms with Crippen molar-refractivity contribution in [3.8, 4) is 11.3 Å². The lowest BCUT2D eigenvalue weighted by Crippen LogP contribution is -2.28. The predicted octanol–water partition coefficient (Wildman–Crippen LogP) is 9.49. The van der Waals surface area contributed by atoms with Gasteiger partial charge in [-0.25, -0.2) is 4.98 Å². The molecule has 6 heteroatoms. The maximum Gasteiger partial charge on any atom is 0.116 e. The van der Waals surface area contributed by atoms with Gasteiger partial charge in [-0.1, -0.05) is 23.3 Å². The largest absolute Gasteiger partial charge is 0.354 e. The highest BCUT2D eigenvalue weighted by atomic mass is 15.1. The second-order valence-electron chi connectivity index (χ2n) is 14.3. The number of rotatable bonds is 16. The first-order valence-corrected chi connectivity index (χ1v) is 18.0. The average Bonchev–Trinajstić information content (AvgIpc) is 3.71. The Hall–Kier alpha value is -4.55. The lowest BCUT2D eigenvalue weighted by atomic mass is 9.83. The Balaban J connectivity index is 1.26. The van der Waals surface area contributed by atoms with E-state index >= 15 is 0 Å². The van der Waals surface area contributed by atoms with Crippen LogP contribution in [0.2, 0.25) is 0 Å². The van der Waals surface area contributed by atoms with Crippen LogP contribution in [-0.2, 0) is 24.7 Å². The number of hydrogen-bond acceptors (Lipinski definition) is 4. The van der Waals surface area contributed by atoms with Gasteiger partial charge in [0.05, 0.1) is 5.69 Å². The number of H-pyrrole nitrogens is 2. The minimum absolute atomic E-state index is 0.243. The first kappa shape index (κ1) is 34.3. The Kier molecular flexibility index (Phi) is 11.0. The second-order valence-corrected chi connectivity index (χ2v) is 14.3. The van der Waals surface area contributed by atoms with Crippen molar-refractivity contribution in [1.29, 1.82) is 0 Å². The van der Waals surface area contributed by atoms with Gasteiger partial charge in [0.1, 0.15) is 5.82 Å². The first-order chi connectivity index (χ1) is 23.8. The van der Waals surface area contributed by atoms with Crippen LogP contribution < -0.4 is 0 Å². The van der Waals surface area contributed by atoms with Crippen molar-refractivity contribution < 1.29 is 0 Å². The molecule has 2 aromatic carbocycles. The van der Waals surface area contributed by atoms with E-state index in [-0.39, 0.29) is 5.41 Å². The van der Waals surface area contributed by atoms with E-state index in [9.17, 15) is 0 Å². The average molecular weight is 653 g/mol. The number of aromatic amines is 2. The molecular formula is C43H52N6. The SMILES string of the molecule is Cc1cc(C)cc(-c2[nH]c3ccc(C(C)(C)c4nc(C)c[nH]4)cc3c2CCN(CCCCc2ccncc2)CCCCc2ccncc2)c1. The van der Waals surface area contributed by atoms with Crippen molar-refractivity contribution in [3.63, 3.8) is 0 Å². The van der Waals surface area contributed by atoms with Crippen molar-refractivity contribution >= 4 is 10.9 Å². The highest BCUT2D eigenvalue weighted by Crippen LogP contribution is 2.37. The summed E-state index contributed by atoms with van der Waals surface area (Å²) in [4.78, 5) is 23.2. The molecule has 6 nitrogen and oxygen atoms in total. The molecule has 0 aliphatic rings. The molecule has 6 rings (SSSR count). The van der Waals surface area contributed by atoms with Gasteiger partial charge < -0.3 is 14.9 Å². The Labute approximate surface area is 292 Å². The van der Waals surface area contributed by atoms with Crippen LogP contribution in [0.15, 0.2) is 91.6 Å². The van der Waals surface area contributed by atoms with Gasteiger partial charge in [0.2, 0.25) is 0 Å². The van der Waals surface area contributed by atoms with Gasteiger partial charge >= 0.3 is 0 Å². The molecule has 254 valence electrons. The summed E-state index contributed by atoms with van der Waals surface area (Å²) in [5.41, 5.74) is 12.5. The van der Waals surface area contributed by atoms with E-state index in [1.54, 1.807) is 0 Å². The minimum Gasteiger partial charge on any atom is -0.354 e. The molecular weight excluding hydrogens is 601 g/mol. The summed E-state index contributed by atoms with van der Waals surface area (Å²) in [5.74, 6) is 1.00. The zero-order chi connectivity index (χ0) is 34.2. The molecule has 0 radical (unpaired) electrons. The normalized spacial score (nSPS) is 12.0. The molecule has 49 heavy (non-hydrogen) atoms. The van der Waals surface area contributed by atoms with E-state index in [1.165, 1.54) is 81.2 Å². The molecule has 0 fully saturated rings. The van der Waals surface area contributed by atoms with E-state index in [0.717, 1.165) is 50.4 Å². The van der Waals surface area contributed by atoms with E-state index in [0.29, 0.717) is 0 Å². The monoisotopic (exact) mass is 652 g/mol. The smallest absolute Gasteiger partial charge is 0.116 e. The van der Waals surface area contributed by atoms with Crippen molar-refractivity contribution in [2.75, 3.05) is 19.6 Å². The van der Waals surface area contributed by atoms with Gasteiger partial charge in [0.15, 0.2) is 0 Å². The van der Waals surface area contributed by atoms with Gasteiger partial charge in [-0.15, -0.1) is 0 Å². The fraction of sp³-hybridized carbons (Fsp3) is 0.372. The van der Waals surface area contributed by atoms with Crippen molar-refractivity contribution in [3.05, 3.63) is 137 Å². The van der Waals surface area contributed by atoms with E-state index in [4.69, 9.17) is 4.98 Å². The zero-order valence-electron chi connectivity index (χ0n) is 30.0. The number of nitrogens with one attached hydrogen (secondary N) is 2. The van der Waals surface area contributed by atoms with Crippen LogP contribution in [0.25, 0.3) is 22.2 Å².